The van der Waals surface area contributed by atoms with E-state index in [4.69, 9.17) is 5.26 Å². The molecule has 1 spiro atoms. The normalized spacial score (nSPS) is 27.9. The van der Waals surface area contributed by atoms with Gasteiger partial charge in [0, 0.05) is 26.1 Å². The summed E-state index contributed by atoms with van der Waals surface area (Å²) in [6.07, 6.45) is 4.50. The lowest BCUT2D eigenvalue weighted by Gasteiger charge is -2.30. The van der Waals surface area contributed by atoms with Crippen LogP contribution in [0.25, 0.3) is 0 Å². The summed E-state index contributed by atoms with van der Waals surface area (Å²) in [5.41, 5.74) is 2.13. The molecule has 1 aromatic carbocycles. The van der Waals surface area contributed by atoms with Gasteiger partial charge >= 0.3 is 0 Å². The summed E-state index contributed by atoms with van der Waals surface area (Å²) in [6, 6.07) is 9.98. The molecule has 1 saturated carbocycles. The zero-order valence-electron chi connectivity index (χ0n) is 13.1. The lowest BCUT2D eigenvalue weighted by molar-refractivity contribution is -0.127. The predicted molar refractivity (Wildman–Crippen MR) is 84.9 cm³/mol. The van der Waals surface area contributed by atoms with Crippen molar-refractivity contribution in [3.05, 3.63) is 35.4 Å². The van der Waals surface area contributed by atoms with Gasteiger partial charge in [0.15, 0.2) is 0 Å². The van der Waals surface area contributed by atoms with Gasteiger partial charge in [-0.2, -0.15) is 5.26 Å². The van der Waals surface area contributed by atoms with Gasteiger partial charge in [-0.15, -0.1) is 0 Å². The molecule has 0 aromatic heterocycles. The summed E-state index contributed by atoms with van der Waals surface area (Å²) in [7, 11) is 1.75. The standard InChI is InChI=1S/C18H23N3O/c1-20-17(22)16-3-2-8-18(16)9-10-21(13-18)12-15-6-4-14(11-19)5-7-15/h4-7,16H,2-3,8-10,12-13H2,1H3,(H,20,22)/t16-,18-/m1/s1. The van der Waals surface area contributed by atoms with Crippen LogP contribution in [0.2, 0.25) is 0 Å². The first-order valence-electron chi connectivity index (χ1n) is 8.10. The fourth-order valence-corrected chi connectivity index (χ4v) is 4.27. The van der Waals surface area contributed by atoms with Crippen molar-refractivity contribution >= 4 is 5.91 Å². The van der Waals surface area contributed by atoms with Crippen LogP contribution in [0.3, 0.4) is 0 Å². The van der Waals surface area contributed by atoms with E-state index in [1.807, 2.05) is 24.3 Å². The van der Waals surface area contributed by atoms with Gasteiger partial charge in [-0.25, -0.2) is 0 Å². The maximum absolute atomic E-state index is 12.2. The van der Waals surface area contributed by atoms with Crippen LogP contribution >= 0.6 is 0 Å². The molecule has 4 heteroatoms. The number of carbonyl (C=O) groups is 1. The molecule has 2 atom stereocenters. The molecule has 4 nitrogen and oxygen atoms in total. The molecule has 1 aliphatic carbocycles. The minimum atomic E-state index is 0.184. The number of rotatable bonds is 3. The van der Waals surface area contributed by atoms with E-state index in [-0.39, 0.29) is 17.2 Å². The number of amides is 1. The number of hydrogen-bond acceptors (Lipinski definition) is 3. The Morgan fingerprint density at radius 2 is 2.18 bits per heavy atom. The minimum Gasteiger partial charge on any atom is -0.359 e. The van der Waals surface area contributed by atoms with E-state index in [0.717, 1.165) is 32.5 Å². The minimum absolute atomic E-state index is 0.184. The third-order valence-corrected chi connectivity index (χ3v) is 5.42. The number of carbonyl (C=O) groups excluding carboxylic acids is 1. The van der Waals surface area contributed by atoms with E-state index < -0.39 is 0 Å². The van der Waals surface area contributed by atoms with Gasteiger partial charge in [0.25, 0.3) is 0 Å². The molecule has 1 aliphatic heterocycles. The molecule has 3 rings (SSSR count). The lowest BCUT2D eigenvalue weighted by Crippen LogP contribution is -2.39. The van der Waals surface area contributed by atoms with E-state index in [0.29, 0.717) is 5.56 Å². The Morgan fingerprint density at radius 3 is 2.86 bits per heavy atom. The van der Waals surface area contributed by atoms with Gasteiger partial charge < -0.3 is 5.32 Å². The summed E-state index contributed by atoms with van der Waals surface area (Å²) >= 11 is 0. The molecule has 22 heavy (non-hydrogen) atoms. The first kappa shape index (κ1) is 15.1. The first-order valence-corrected chi connectivity index (χ1v) is 8.10. The molecule has 1 aromatic rings. The largest absolute Gasteiger partial charge is 0.359 e. The zero-order chi connectivity index (χ0) is 15.6. The first-order chi connectivity index (χ1) is 10.7. The molecular formula is C18H23N3O. The quantitative estimate of drug-likeness (QED) is 0.931. The predicted octanol–water partition coefficient (Wildman–Crippen LogP) is 2.30. The Bertz CT molecular complexity index is 589. The van der Waals surface area contributed by atoms with Gasteiger partial charge in [-0.3, -0.25) is 9.69 Å². The van der Waals surface area contributed by atoms with Gasteiger partial charge in [-0.05, 0) is 48.9 Å². The Hall–Kier alpha value is -1.86. The van der Waals surface area contributed by atoms with Gasteiger partial charge in [0.1, 0.15) is 0 Å². The molecule has 0 unspecified atom stereocenters. The summed E-state index contributed by atoms with van der Waals surface area (Å²) < 4.78 is 0. The second-order valence-electron chi connectivity index (χ2n) is 6.69. The molecule has 1 saturated heterocycles. The monoisotopic (exact) mass is 297 g/mol. The molecule has 1 N–H and O–H groups in total. The van der Waals surface area contributed by atoms with Crippen molar-refractivity contribution in [2.24, 2.45) is 11.3 Å². The van der Waals surface area contributed by atoms with Crippen LogP contribution < -0.4 is 5.32 Å². The Morgan fingerprint density at radius 1 is 1.41 bits per heavy atom. The smallest absolute Gasteiger partial charge is 0.223 e. The highest BCUT2D eigenvalue weighted by Gasteiger charge is 2.49. The molecule has 0 radical (unpaired) electrons. The number of nitrogens with zero attached hydrogens (tertiary/aromatic N) is 2. The van der Waals surface area contributed by atoms with Crippen LogP contribution in [0, 0.1) is 22.7 Å². The van der Waals surface area contributed by atoms with Gasteiger partial charge in [0.2, 0.25) is 5.91 Å². The third kappa shape index (κ3) is 2.74. The molecule has 1 heterocycles. The van der Waals surface area contributed by atoms with Crippen molar-refractivity contribution in [3.8, 4) is 6.07 Å². The number of nitrogens with one attached hydrogen (secondary N) is 1. The molecule has 1 amide bonds. The molecule has 2 fully saturated rings. The average molecular weight is 297 g/mol. The lowest BCUT2D eigenvalue weighted by atomic mass is 9.76. The highest BCUT2D eigenvalue weighted by atomic mass is 16.1. The summed E-state index contributed by atoms with van der Waals surface area (Å²) in [6.45, 7) is 2.99. The number of likely N-dealkylation sites (tertiary alicyclic amines) is 1. The van der Waals surface area contributed by atoms with Crippen LogP contribution in [0.1, 0.15) is 36.8 Å². The average Bonchev–Trinajstić information content (AvgIpc) is 3.15. The molecular weight excluding hydrogens is 274 g/mol. The third-order valence-electron chi connectivity index (χ3n) is 5.42. The van der Waals surface area contributed by atoms with Crippen LogP contribution in [0.5, 0.6) is 0 Å². The second-order valence-corrected chi connectivity index (χ2v) is 6.69. The molecule has 116 valence electrons. The second kappa shape index (κ2) is 6.10. The maximum Gasteiger partial charge on any atom is 0.223 e. The van der Waals surface area contributed by atoms with Crippen molar-refractivity contribution in [3.63, 3.8) is 0 Å². The van der Waals surface area contributed by atoms with E-state index in [2.05, 4.69) is 16.3 Å². The number of nitriles is 1. The fraction of sp³-hybridized carbons (Fsp3) is 0.556. The van der Waals surface area contributed by atoms with Crippen molar-refractivity contribution < 1.29 is 4.79 Å². The van der Waals surface area contributed by atoms with Crippen molar-refractivity contribution in [2.45, 2.75) is 32.2 Å². The van der Waals surface area contributed by atoms with Crippen LogP contribution in [0.4, 0.5) is 0 Å². The Kier molecular flexibility index (Phi) is 4.17. The Balaban J connectivity index is 1.66. The number of benzene rings is 1. The zero-order valence-corrected chi connectivity index (χ0v) is 13.1. The summed E-state index contributed by atoms with van der Waals surface area (Å²) in [4.78, 5) is 14.6. The van der Waals surface area contributed by atoms with Crippen LogP contribution in [-0.2, 0) is 11.3 Å². The highest BCUT2D eigenvalue weighted by molar-refractivity contribution is 5.79. The van der Waals surface area contributed by atoms with Crippen molar-refractivity contribution in [1.29, 1.82) is 5.26 Å². The maximum atomic E-state index is 12.2. The summed E-state index contributed by atoms with van der Waals surface area (Å²) in [5, 5.41) is 11.7. The van der Waals surface area contributed by atoms with E-state index in [9.17, 15) is 4.79 Å². The van der Waals surface area contributed by atoms with Crippen molar-refractivity contribution in [2.75, 3.05) is 20.1 Å². The van der Waals surface area contributed by atoms with Crippen LogP contribution in [0.15, 0.2) is 24.3 Å². The molecule has 0 bridgehead atoms. The van der Waals surface area contributed by atoms with E-state index in [1.54, 1.807) is 7.05 Å². The van der Waals surface area contributed by atoms with E-state index in [1.165, 1.54) is 18.4 Å². The molecule has 2 aliphatic rings. The van der Waals surface area contributed by atoms with Gasteiger partial charge in [0.05, 0.1) is 11.6 Å². The van der Waals surface area contributed by atoms with Gasteiger partial charge in [-0.1, -0.05) is 18.6 Å². The topological polar surface area (TPSA) is 56.1 Å². The Labute approximate surface area is 132 Å². The van der Waals surface area contributed by atoms with E-state index >= 15 is 0 Å². The highest BCUT2D eigenvalue weighted by Crippen LogP contribution is 2.50. The van der Waals surface area contributed by atoms with Crippen molar-refractivity contribution in [1.82, 2.24) is 10.2 Å². The van der Waals surface area contributed by atoms with Crippen LogP contribution in [-0.4, -0.2) is 30.9 Å². The summed E-state index contributed by atoms with van der Waals surface area (Å²) in [5.74, 6) is 0.404. The number of hydrogen-bond donors (Lipinski definition) is 1. The SMILES string of the molecule is CNC(=O)[C@H]1CCC[C@]12CCN(Cc1ccc(C#N)cc1)C2. The fourth-order valence-electron chi connectivity index (χ4n) is 4.27.